The van der Waals surface area contributed by atoms with Crippen LogP contribution in [0.5, 0.6) is 0 Å². The van der Waals surface area contributed by atoms with E-state index in [1.165, 1.54) is 0 Å². The van der Waals surface area contributed by atoms with Crippen molar-refractivity contribution in [3.05, 3.63) is 12.7 Å². The van der Waals surface area contributed by atoms with Crippen LogP contribution in [0.1, 0.15) is 13.8 Å². The van der Waals surface area contributed by atoms with Gasteiger partial charge in [0, 0.05) is 7.11 Å². The smallest absolute Gasteiger partial charge is 0.313 e. The first-order chi connectivity index (χ1) is 6.13. The lowest BCUT2D eigenvalue weighted by atomic mass is 9.96. The largest absolute Gasteiger partial charge is 0.463 e. The first-order valence-corrected chi connectivity index (χ1v) is 4.41. The highest BCUT2D eigenvalue weighted by atomic mass is 16.6. The van der Waals surface area contributed by atoms with Crippen molar-refractivity contribution in [3.63, 3.8) is 0 Å². The molecule has 0 N–H and O–H groups in total. The van der Waals surface area contributed by atoms with E-state index in [2.05, 4.69) is 6.58 Å². The fraction of sp³-hybridized carbons (Fsp3) is 0.700. The van der Waals surface area contributed by atoms with E-state index in [1.54, 1.807) is 13.2 Å². The van der Waals surface area contributed by atoms with Gasteiger partial charge in [0.15, 0.2) is 0 Å². The zero-order chi connectivity index (χ0) is 10.3. The molecule has 13 heavy (non-hydrogen) atoms. The molecule has 0 fully saturated rings. The van der Waals surface area contributed by atoms with Gasteiger partial charge in [-0.1, -0.05) is 19.9 Å². The number of methoxy groups -OCH3 is 1. The second-order valence-electron chi connectivity index (χ2n) is 3.17. The summed E-state index contributed by atoms with van der Waals surface area (Å²) in [6.07, 6.45) is 1.62. The predicted octanol–water partition coefficient (Wildman–Crippen LogP) is 1.63. The Balaban J connectivity index is 3.85. The van der Waals surface area contributed by atoms with Crippen LogP contribution in [-0.2, 0) is 14.3 Å². The van der Waals surface area contributed by atoms with Crippen LogP contribution in [0, 0.1) is 11.8 Å². The van der Waals surface area contributed by atoms with Crippen LogP contribution < -0.4 is 0 Å². The Bertz CT molecular complexity index is 164. The van der Waals surface area contributed by atoms with Gasteiger partial charge in [-0.3, -0.25) is 4.79 Å². The number of esters is 1. The van der Waals surface area contributed by atoms with Crippen molar-refractivity contribution in [2.75, 3.05) is 20.3 Å². The first kappa shape index (κ1) is 12.2. The molecular weight excluding hydrogens is 168 g/mol. The van der Waals surface area contributed by atoms with Crippen molar-refractivity contribution in [2.45, 2.75) is 13.8 Å². The zero-order valence-electron chi connectivity index (χ0n) is 8.58. The summed E-state index contributed by atoms with van der Waals surface area (Å²) in [7, 11) is 1.57. The monoisotopic (exact) mass is 186 g/mol. The molecule has 0 saturated heterocycles. The topological polar surface area (TPSA) is 35.5 Å². The fourth-order valence-corrected chi connectivity index (χ4v) is 0.962. The fourth-order valence-electron chi connectivity index (χ4n) is 0.962. The lowest BCUT2D eigenvalue weighted by molar-refractivity contribution is -0.149. The van der Waals surface area contributed by atoms with Gasteiger partial charge in [-0.2, -0.15) is 0 Å². The standard InChI is InChI=1S/C10H18O3/c1-5-9(8(2)3)10(11)13-7-6-12-4/h5,8-9H,1,6-7H2,2-4H3. The molecular formula is C10H18O3. The molecule has 0 heterocycles. The lowest BCUT2D eigenvalue weighted by Gasteiger charge is -2.14. The minimum Gasteiger partial charge on any atom is -0.463 e. The Labute approximate surface area is 79.7 Å². The molecule has 0 aliphatic rings. The van der Waals surface area contributed by atoms with Gasteiger partial charge < -0.3 is 9.47 Å². The molecule has 1 unspecified atom stereocenters. The van der Waals surface area contributed by atoms with E-state index in [0.29, 0.717) is 13.2 Å². The highest BCUT2D eigenvalue weighted by molar-refractivity contribution is 5.74. The third-order valence-corrected chi connectivity index (χ3v) is 1.78. The summed E-state index contributed by atoms with van der Waals surface area (Å²) < 4.78 is 9.72. The molecule has 0 radical (unpaired) electrons. The van der Waals surface area contributed by atoms with Crippen LogP contribution in [0.4, 0.5) is 0 Å². The van der Waals surface area contributed by atoms with Crippen LogP contribution in [-0.4, -0.2) is 26.3 Å². The minimum absolute atomic E-state index is 0.211. The number of hydrogen-bond acceptors (Lipinski definition) is 3. The van der Waals surface area contributed by atoms with Crippen LogP contribution in [0.3, 0.4) is 0 Å². The average molecular weight is 186 g/mol. The molecule has 76 valence electrons. The van der Waals surface area contributed by atoms with E-state index in [-0.39, 0.29) is 17.8 Å². The Morgan fingerprint density at radius 3 is 2.46 bits per heavy atom. The molecule has 3 heteroatoms. The van der Waals surface area contributed by atoms with Crippen molar-refractivity contribution >= 4 is 5.97 Å². The van der Waals surface area contributed by atoms with Crippen molar-refractivity contribution in [3.8, 4) is 0 Å². The van der Waals surface area contributed by atoms with Gasteiger partial charge in [-0.15, -0.1) is 6.58 Å². The molecule has 0 aliphatic carbocycles. The Morgan fingerprint density at radius 1 is 1.46 bits per heavy atom. The molecule has 0 aromatic rings. The molecule has 0 amide bonds. The van der Waals surface area contributed by atoms with Gasteiger partial charge in [0.25, 0.3) is 0 Å². The van der Waals surface area contributed by atoms with Gasteiger partial charge in [0.05, 0.1) is 12.5 Å². The summed E-state index contributed by atoms with van der Waals surface area (Å²) in [6, 6.07) is 0. The third kappa shape index (κ3) is 4.68. The molecule has 0 aliphatic heterocycles. The zero-order valence-corrected chi connectivity index (χ0v) is 8.58. The Morgan fingerprint density at radius 2 is 2.08 bits per heavy atom. The maximum Gasteiger partial charge on any atom is 0.313 e. The minimum atomic E-state index is -0.220. The normalized spacial score (nSPS) is 12.6. The average Bonchev–Trinajstić information content (AvgIpc) is 2.05. The quantitative estimate of drug-likeness (QED) is 0.359. The van der Waals surface area contributed by atoms with Crippen molar-refractivity contribution in [1.29, 1.82) is 0 Å². The highest BCUT2D eigenvalue weighted by Gasteiger charge is 2.19. The molecule has 1 atom stereocenters. The summed E-state index contributed by atoms with van der Waals surface area (Å²) in [6.45, 7) is 8.27. The van der Waals surface area contributed by atoms with Crippen LogP contribution >= 0.6 is 0 Å². The van der Waals surface area contributed by atoms with Gasteiger partial charge in [0.2, 0.25) is 0 Å². The van der Waals surface area contributed by atoms with Crippen LogP contribution in [0.2, 0.25) is 0 Å². The number of carbonyl (C=O) groups excluding carboxylic acids is 1. The molecule has 0 bridgehead atoms. The molecule has 0 rings (SSSR count). The summed E-state index contributed by atoms with van der Waals surface area (Å²) in [5.74, 6) is -0.202. The van der Waals surface area contributed by atoms with E-state index in [4.69, 9.17) is 9.47 Å². The first-order valence-electron chi connectivity index (χ1n) is 4.41. The second-order valence-corrected chi connectivity index (χ2v) is 3.17. The summed E-state index contributed by atoms with van der Waals surface area (Å²) in [5.41, 5.74) is 0. The summed E-state index contributed by atoms with van der Waals surface area (Å²) in [5, 5.41) is 0. The summed E-state index contributed by atoms with van der Waals surface area (Å²) >= 11 is 0. The Hall–Kier alpha value is -0.830. The van der Waals surface area contributed by atoms with Crippen molar-refractivity contribution in [1.82, 2.24) is 0 Å². The van der Waals surface area contributed by atoms with Gasteiger partial charge in [0.1, 0.15) is 6.61 Å². The molecule has 0 aromatic heterocycles. The SMILES string of the molecule is C=CC(C(=O)OCCOC)C(C)C. The van der Waals surface area contributed by atoms with Crippen molar-refractivity contribution in [2.24, 2.45) is 11.8 Å². The van der Waals surface area contributed by atoms with Crippen LogP contribution in [0.15, 0.2) is 12.7 Å². The summed E-state index contributed by atoms with van der Waals surface area (Å²) in [4.78, 5) is 11.3. The molecule has 0 saturated carbocycles. The molecule has 3 nitrogen and oxygen atoms in total. The van der Waals surface area contributed by atoms with Crippen LogP contribution in [0.25, 0.3) is 0 Å². The van der Waals surface area contributed by atoms with E-state index >= 15 is 0 Å². The number of hydrogen-bond donors (Lipinski definition) is 0. The highest BCUT2D eigenvalue weighted by Crippen LogP contribution is 2.13. The molecule has 0 spiro atoms. The number of rotatable bonds is 6. The number of carbonyl (C=O) groups is 1. The number of ether oxygens (including phenoxy) is 2. The van der Waals surface area contributed by atoms with E-state index in [1.807, 2.05) is 13.8 Å². The maximum atomic E-state index is 11.3. The van der Waals surface area contributed by atoms with Gasteiger partial charge in [-0.05, 0) is 5.92 Å². The second kappa shape index (κ2) is 6.66. The van der Waals surface area contributed by atoms with Gasteiger partial charge in [-0.25, -0.2) is 0 Å². The Kier molecular flexibility index (Phi) is 6.24. The maximum absolute atomic E-state index is 11.3. The van der Waals surface area contributed by atoms with E-state index < -0.39 is 0 Å². The third-order valence-electron chi connectivity index (χ3n) is 1.78. The lowest BCUT2D eigenvalue weighted by Crippen LogP contribution is -2.22. The predicted molar refractivity (Wildman–Crippen MR) is 51.4 cm³/mol. The van der Waals surface area contributed by atoms with E-state index in [0.717, 1.165) is 0 Å². The van der Waals surface area contributed by atoms with E-state index in [9.17, 15) is 4.79 Å². The van der Waals surface area contributed by atoms with Crippen molar-refractivity contribution < 1.29 is 14.3 Å². The van der Waals surface area contributed by atoms with Gasteiger partial charge >= 0.3 is 5.97 Å². The molecule has 0 aromatic carbocycles.